The minimum Gasteiger partial charge on any atom is -0.454 e. The molecule has 8 nitrogen and oxygen atoms in total. The molecule has 174 valence electrons. The Bertz CT molecular complexity index is 1620. The third-order valence-electron chi connectivity index (χ3n) is 6.16. The topological polar surface area (TPSA) is 87.4 Å². The summed E-state index contributed by atoms with van der Waals surface area (Å²) in [4.78, 5) is 31.1. The van der Waals surface area contributed by atoms with Crippen LogP contribution in [0.15, 0.2) is 83.9 Å². The van der Waals surface area contributed by atoms with Crippen LogP contribution in [0.4, 0.5) is 0 Å². The van der Waals surface area contributed by atoms with Crippen molar-refractivity contribution < 1.29 is 14.3 Å². The van der Waals surface area contributed by atoms with Crippen LogP contribution in [0.2, 0.25) is 0 Å². The maximum Gasteiger partial charge on any atom is 0.278 e. The van der Waals surface area contributed by atoms with E-state index in [1.165, 1.54) is 0 Å². The number of aromatic nitrogens is 3. The van der Waals surface area contributed by atoms with E-state index in [1.54, 1.807) is 15.5 Å². The van der Waals surface area contributed by atoms with Crippen LogP contribution in [0.3, 0.4) is 0 Å². The first-order valence-corrected chi connectivity index (χ1v) is 11.3. The molecule has 3 heterocycles. The van der Waals surface area contributed by atoms with Crippen LogP contribution in [0.25, 0.3) is 21.9 Å². The Morgan fingerprint density at radius 1 is 0.943 bits per heavy atom. The molecule has 1 amide bonds. The number of hydrogen-bond acceptors (Lipinski definition) is 5. The normalized spacial score (nSPS) is 12.3. The number of amides is 1. The van der Waals surface area contributed by atoms with E-state index in [-0.39, 0.29) is 24.8 Å². The Morgan fingerprint density at radius 2 is 1.74 bits per heavy atom. The number of carbonyl (C=O) groups excluding carboxylic acids is 1. The number of nitrogens with zero attached hydrogens (tertiary/aromatic N) is 3. The maximum absolute atomic E-state index is 13.5. The Labute approximate surface area is 200 Å². The minimum atomic E-state index is -0.205. The van der Waals surface area contributed by atoms with Gasteiger partial charge in [-0.1, -0.05) is 54.6 Å². The van der Waals surface area contributed by atoms with E-state index in [2.05, 4.69) is 10.3 Å². The molecule has 35 heavy (non-hydrogen) atoms. The monoisotopic (exact) mass is 466 g/mol. The van der Waals surface area contributed by atoms with E-state index in [1.807, 2.05) is 72.8 Å². The second kappa shape index (κ2) is 8.64. The van der Waals surface area contributed by atoms with Gasteiger partial charge in [-0.15, -0.1) is 0 Å². The van der Waals surface area contributed by atoms with Crippen molar-refractivity contribution >= 4 is 27.8 Å². The summed E-state index contributed by atoms with van der Waals surface area (Å²) >= 11 is 0. The summed E-state index contributed by atoms with van der Waals surface area (Å²) in [5.41, 5.74) is 3.53. The maximum atomic E-state index is 13.5. The zero-order valence-corrected chi connectivity index (χ0v) is 18.8. The number of para-hydroxylation sites is 1. The largest absolute Gasteiger partial charge is 0.454 e. The Morgan fingerprint density at radius 3 is 2.63 bits per heavy atom. The predicted molar refractivity (Wildman–Crippen MR) is 131 cm³/mol. The lowest BCUT2D eigenvalue weighted by Gasteiger charge is -2.10. The third-order valence-corrected chi connectivity index (χ3v) is 6.16. The number of fused-ring (bicyclic) bond motifs is 4. The smallest absolute Gasteiger partial charge is 0.278 e. The molecule has 0 unspecified atom stereocenters. The van der Waals surface area contributed by atoms with Crippen molar-refractivity contribution in [2.45, 2.75) is 19.6 Å². The summed E-state index contributed by atoms with van der Waals surface area (Å²) in [5, 5.41) is 3.79. The Hall–Kier alpha value is -4.59. The van der Waals surface area contributed by atoms with E-state index in [4.69, 9.17) is 9.47 Å². The molecule has 0 spiro atoms. The van der Waals surface area contributed by atoms with Gasteiger partial charge < -0.3 is 19.4 Å². The highest BCUT2D eigenvalue weighted by molar-refractivity contribution is 6.06. The number of nitrogens with one attached hydrogen (secondary N) is 1. The molecule has 1 aliphatic heterocycles. The summed E-state index contributed by atoms with van der Waals surface area (Å²) in [6.45, 7) is 0.944. The Balaban J connectivity index is 1.32. The minimum absolute atomic E-state index is 0.000829. The van der Waals surface area contributed by atoms with Gasteiger partial charge in [-0.05, 0) is 29.3 Å². The number of ether oxygens (including phenoxy) is 2. The molecule has 0 aliphatic carbocycles. The molecular formula is C27H22N4O4. The Kier molecular flexibility index (Phi) is 5.18. The van der Waals surface area contributed by atoms with Crippen LogP contribution in [-0.4, -0.2) is 26.8 Å². The van der Waals surface area contributed by atoms with Gasteiger partial charge in [-0.2, -0.15) is 0 Å². The van der Waals surface area contributed by atoms with E-state index < -0.39 is 0 Å². The molecule has 2 aromatic heterocycles. The fourth-order valence-corrected chi connectivity index (χ4v) is 4.46. The van der Waals surface area contributed by atoms with E-state index in [9.17, 15) is 9.59 Å². The van der Waals surface area contributed by atoms with Crippen molar-refractivity contribution in [2.75, 3.05) is 6.79 Å². The number of hydrogen-bond donors (Lipinski definition) is 1. The van der Waals surface area contributed by atoms with Crippen molar-refractivity contribution in [1.29, 1.82) is 0 Å². The molecular weight excluding hydrogens is 444 g/mol. The standard InChI is InChI=1S/C27H22N4O4/c32-24(28-13-19-10-11-22-23(12-19)35-17-34-22)15-31-21-9-5-4-8-20(21)25-26(31)27(33)30(16-29-25)14-18-6-2-1-3-7-18/h1-12,16H,13-15,17H2,(H,28,32). The average molecular weight is 466 g/mol. The molecule has 0 radical (unpaired) electrons. The van der Waals surface area contributed by atoms with Gasteiger partial charge in [0.1, 0.15) is 17.6 Å². The van der Waals surface area contributed by atoms with Crippen molar-refractivity contribution in [3.63, 3.8) is 0 Å². The van der Waals surface area contributed by atoms with Crippen LogP contribution < -0.4 is 20.3 Å². The van der Waals surface area contributed by atoms with Crippen molar-refractivity contribution in [2.24, 2.45) is 0 Å². The molecule has 0 saturated carbocycles. The first kappa shape index (κ1) is 21.0. The van der Waals surface area contributed by atoms with Gasteiger partial charge in [0.05, 0.1) is 18.4 Å². The highest BCUT2D eigenvalue weighted by Gasteiger charge is 2.19. The van der Waals surface area contributed by atoms with E-state index in [0.29, 0.717) is 35.6 Å². The van der Waals surface area contributed by atoms with Crippen molar-refractivity contribution in [3.8, 4) is 11.5 Å². The van der Waals surface area contributed by atoms with Gasteiger partial charge in [0, 0.05) is 11.9 Å². The molecule has 5 aromatic rings. The molecule has 1 aliphatic rings. The molecule has 0 fully saturated rings. The van der Waals surface area contributed by atoms with Gasteiger partial charge in [0.25, 0.3) is 5.56 Å². The molecule has 0 atom stereocenters. The first-order chi connectivity index (χ1) is 17.2. The zero-order chi connectivity index (χ0) is 23.8. The molecule has 8 heteroatoms. The van der Waals surface area contributed by atoms with Crippen LogP contribution >= 0.6 is 0 Å². The zero-order valence-electron chi connectivity index (χ0n) is 18.8. The lowest BCUT2D eigenvalue weighted by molar-refractivity contribution is -0.121. The highest BCUT2D eigenvalue weighted by Crippen LogP contribution is 2.32. The van der Waals surface area contributed by atoms with Gasteiger partial charge >= 0.3 is 0 Å². The summed E-state index contributed by atoms with van der Waals surface area (Å²) < 4.78 is 14.1. The van der Waals surface area contributed by atoms with Crippen molar-refractivity contribution in [1.82, 2.24) is 19.4 Å². The van der Waals surface area contributed by atoms with Gasteiger partial charge in [-0.25, -0.2) is 4.98 Å². The molecule has 6 rings (SSSR count). The molecule has 1 N–H and O–H groups in total. The second-order valence-corrected chi connectivity index (χ2v) is 8.43. The summed E-state index contributed by atoms with van der Waals surface area (Å²) in [7, 11) is 0. The van der Waals surface area contributed by atoms with Gasteiger partial charge in [-0.3, -0.25) is 14.2 Å². The predicted octanol–water partition coefficient (Wildman–Crippen LogP) is 3.44. The summed E-state index contributed by atoms with van der Waals surface area (Å²) in [6, 6.07) is 23.0. The summed E-state index contributed by atoms with van der Waals surface area (Å²) in [5.74, 6) is 1.16. The lowest BCUT2D eigenvalue weighted by Crippen LogP contribution is -2.29. The average Bonchev–Trinajstić information content (AvgIpc) is 3.48. The third kappa shape index (κ3) is 3.89. The first-order valence-electron chi connectivity index (χ1n) is 11.3. The van der Waals surface area contributed by atoms with Crippen LogP contribution in [0.1, 0.15) is 11.1 Å². The molecule has 0 bridgehead atoms. The van der Waals surface area contributed by atoms with E-state index >= 15 is 0 Å². The fourth-order valence-electron chi connectivity index (χ4n) is 4.46. The number of benzene rings is 3. The summed E-state index contributed by atoms with van der Waals surface area (Å²) in [6.07, 6.45) is 1.58. The molecule has 0 saturated heterocycles. The van der Waals surface area contributed by atoms with E-state index in [0.717, 1.165) is 22.0 Å². The number of rotatable bonds is 6. The quantitative estimate of drug-likeness (QED) is 0.414. The van der Waals surface area contributed by atoms with Gasteiger partial charge in [0.2, 0.25) is 12.7 Å². The fraction of sp³-hybridized carbons (Fsp3) is 0.148. The second-order valence-electron chi connectivity index (χ2n) is 8.43. The van der Waals surface area contributed by atoms with Crippen LogP contribution in [0, 0.1) is 0 Å². The highest BCUT2D eigenvalue weighted by atomic mass is 16.7. The molecule has 3 aromatic carbocycles. The van der Waals surface area contributed by atoms with Crippen LogP contribution in [-0.2, 0) is 24.4 Å². The lowest BCUT2D eigenvalue weighted by atomic mass is 10.2. The van der Waals surface area contributed by atoms with Crippen LogP contribution in [0.5, 0.6) is 11.5 Å². The number of carbonyl (C=O) groups is 1. The SMILES string of the molecule is O=C(Cn1c2ccccc2c2ncn(Cc3ccccc3)c(=O)c21)NCc1ccc2c(c1)OCO2. The van der Waals surface area contributed by atoms with Crippen molar-refractivity contribution in [3.05, 3.63) is 101 Å². The van der Waals surface area contributed by atoms with Gasteiger partial charge in [0.15, 0.2) is 11.5 Å².